The summed E-state index contributed by atoms with van der Waals surface area (Å²) in [6.07, 6.45) is 6.75. The second-order valence-electron chi connectivity index (χ2n) is 3.02. The van der Waals surface area contributed by atoms with Crippen molar-refractivity contribution in [2.75, 3.05) is 0 Å². The van der Waals surface area contributed by atoms with Gasteiger partial charge in [-0.25, -0.2) is 0 Å². The molecule has 0 saturated heterocycles. The first-order chi connectivity index (χ1) is 6.83. The molecule has 14 heavy (non-hydrogen) atoms. The molecule has 0 amide bonds. The number of halogens is 2. The third-order valence-corrected chi connectivity index (χ3v) is 2.31. The summed E-state index contributed by atoms with van der Waals surface area (Å²) in [7, 11) is 9.87. The third kappa shape index (κ3) is 3.22. The Kier molecular flexibility index (Phi) is 6.09. The molecule has 0 atom stereocenters. The van der Waals surface area contributed by atoms with Crippen LogP contribution in [0.5, 0.6) is 0 Å². The average molecular weight is 306 g/mol. The van der Waals surface area contributed by atoms with E-state index in [0.29, 0.717) is 0 Å². The molecule has 0 heterocycles. The molecule has 3 heteroatoms. The van der Waals surface area contributed by atoms with Gasteiger partial charge in [-0.2, -0.15) is 0 Å². The van der Waals surface area contributed by atoms with Crippen molar-refractivity contribution in [3.05, 3.63) is 41.0 Å². The number of aryl methyl sites for hydroxylation is 1. The molecule has 0 saturated carbocycles. The van der Waals surface area contributed by atoms with E-state index in [2.05, 4.69) is 37.3 Å². The molecule has 0 fully saturated rings. The molecule has 1 aromatic rings. The van der Waals surface area contributed by atoms with Crippen LogP contribution in [0.2, 0.25) is 0 Å². The SMILES string of the molecule is CCc1cccc2c1CC=C2.[Cl][Zr][Cl]. The van der Waals surface area contributed by atoms with Gasteiger partial charge >= 0.3 is 37.9 Å². The fourth-order valence-electron chi connectivity index (χ4n) is 1.69. The van der Waals surface area contributed by atoms with Crippen LogP contribution in [0.3, 0.4) is 0 Å². The van der Waals surface area contributed by atoms with Crippen molar-refractivity contribution >= 4 is 23.1 Å². The number of allylic oxidation sites excluding steroid dienone is 1. The molecule has 1 aromatic carbocycles. The molecule has 0 bridgehead atoms. The number of hydrogen-bond donors (Lipinski definition) is 0. The molecule has 0 unspecified atom stereocenters. The van der Waals surface area contributed by atoms with E-state index in [1.807, 2.05) is 0 Å². The molecular weight excluding hydrogens is 294 g/mol. The first-order valence-electron chi connectivity index (χ1n) is 4.57. The van der Waals surface area contributed by atoms with Crippen LogP contribution in [-0.2, 0) is 33.7 Å². The molecule has 0 radical (unpaired) electrons. The predicted molar refractivity (Wildman–Crippen MR) is 60.3 cm³/mol. The van der Waals surface area contributed by atoms with Crippen molar-refractivity contribution in [1.82, 2.24) is 0 Å². The number of fused-ring (bicyclic) bond motifs is 1. The van der Waals surface area contributed by atoms with E-state index < -0.39 is 20.8 Å². The minimum absolute atomic E-state index is 0.826. The molecule has 2 rings (SSSR count). The first-order valence-corrected chi connectivity index (χ1v) is 10.9. The predicted octanol–water partition coefficient (Wildman–Crippen LogP) is 4.19. The second-order valence-corrected chi connectivity index (χ2v) is 6.75. The Labute approximate surface area is 104 Å². The molecule has 1 aliphatic carbocycles. The maximum absolute atomic E-state index is 4.93. The van der Waals surface area contributed by atoms with E-state index in [0.717, 1.165) is 12.8 Å². The van der Waals surface area contributed by atoms with Gasteiger partial charge in [0.05, 0.1) is 0 Å². The Balaban J connectivity index is 0.000000293. The van der Waals surface area contributed by atoms with Crippen LogP contribution in [-0.4, -0.2) is 0 Å². The Hall–Kier alpha value is 0.423. The van der Waals surface area contributed by atoms with E-state index in [9.17, 15) is 0 Å². The van der Waals surface area contributed by atoms with E-state index in [1.54, 1.807) is 0 Å². The zero-order valence-electron chi connectivity index (χ0n) is 8.06. The molecule has 0 N–H and O–H groups in total. The Morgan fingerprint density at radius 2 is 2.07 bits per heavy atom. The van der Waals surface area contributed by atoms with E-state index in [1.165, 1.54) is 16.7 Å². The van der Waals surface area contributed by atoms with Gasteiger partial charge < -0.3 is 0 Å². The average Bonchev–Trinajstić information content (AvgIpc) is 2.66. The van der Waals surface area contributed by atoms with Gasteiger partial charge in [-0.1, -0.05) is 37.3 Å². The summed E-state index contributed by atoms with van der Waals surface area (Å²) >= 11 is -0.826. The molecule has 0 nitrogen and oxygen atoms in total. The van der Waals surface area contributed by atoms with Crippen LogP contribution >= 0.6 is 17.0 Å². The van der Waals surface area contributed by atoms with Gasteiger partial charge in [0, 0.05) is 0 Å². The second kappa shape index (κ2) is 6.82. The molecule has 0 aliphatic heterocycles. The summed E-state index contributed by atoms with van der Waals surface area (Å²) in [5.74, 6) is 0. The van der Waals surface area contributed by atoms with Crippen molar-refractivity contribution in [3.63, 3.8) is 0 Å². The molecule has 1 aliphatic rings. The van der Waals surface area contributed by atoms with Crippen LogP contribution in [0.15, 0.2) is 24.3 Å². The summed E-state index contributed by atoms with van der Waals surface area (Å²) in [5.41, 5.74) is 4.46. The number of rotatable bonds is 1. The van der Waals surface area contributed by atoms with Crippen LogP contribution in [0.4, 0.5) is 0 Å². The van der Waals surface area contributed by atoms with Crippen LogP contribution < -0.4 is 0 Å². The van der Waals surface area contributed by atoms with Crippen molar-refractivity contribution in [3.8, 4) is 0 Å². The molecular formula is C11H12Cl2Zr. The zero-order valence-corrected chi connectivity index (χ0v) is 12.0. The minimum atomic E-state index is -0.826. The molecule has 0 aromatic heterocycles. The van der Waals surface area contributed by atoms with E-state index >= 15 is 0 Å². The van der Waals surface area contributed by atoms with Crippen LogP contribution in [0, 0.1) is 0 Å². The fourth-order valence-corrected chi connectivity index (χ4v) is 1.69. The van der Waals surface area contributed by atoms with Gasteiger partial charge in [0.2, 0.25) is 0 Å². The summed E-state index contributed by atoms with van der Waals surface area (Å²) in [6.45, 7) is 2.22. The van der Waals surface area contributed by atoms with Crippen molar-refractivity contribution < 1.29 is 20.8 Å². The quantitative estimate of drug-likeness (QED) is 0.729. The van der Waals surface area contributed by atoms with Crippen molar-refractivity contribution in [2.24, 2.45) is 0 Å². The maximum atomic E-state index is 4.93. The van der Waals surface area contributed by atoms with Crippen LogP contribution in [0.1, 0.15) is 23.6 Å². The molecule has 74 valence electrons. The topological polar surface area (TPSA) is 0 Å². The van der Waals surface area contributed by atoms with Gasteiger partial charge in [0.25, 0.3) is 0 Å². The van der Waals surface area contributed by atoms with E-state index in [-0.39, 0.29) is 0 Å². The zero-order chi connectivity index (χ0) is 10.4. The van der Waals surface area contributed by atoms with Crippen molar-refractivity contribution in [2.45, 2.75) is 19.8 Å². The summed E-state index contributed by atoms with van der Waals surface area (Å²) in [6, 6.07) is 6.57. The Morgan fingerprint density at radius 1 is 1.36 bits per heavy atom. The van der Waals surface area contributed by atoms with Gasteiger partial charge in [0.1, 0.15) is 0 Å². The third-order valence-electron chi connectivity index (χ3n) is 2.31. The summed E-state index contributed by atoms with van der Waals surface area (Å²) in [4.78, 5) is 0. The Bertz CT molecular complexity index is 321. The summed E-state index contributed by atoms with van der Waals surface area (Å²) in [5, 5.41) is 0. The van der Waals surface area contributed by atoms with Gasteiger partial charge in [-0.15, -0.1) is 0 Å². The number of benzene rings is 1. The van der Waals surface area contributed by atoms with Gasteiger partial charge in [0.15, 0.2) is 0 Å². The van der Waals surface area contributed by atoms with Crippen LogP contribution in [0.25, 0.3) is 6.08 Å². The van der Waals surface area contributed by atoms with Gasteiger partial charge in [-0.3, -0.25) is 0 Å². The standard InChI is InChI=1S/C11H12.2ClH.Zr/c1-2-9-5-3-6-10-7-4-8-11(9)10;;;/h3-7H,2,8H2,1H3;2*1H;/q;;;+2/p-2. The molecule has 0 spiro atoms. The number of hydrogen-bond acceptors (Lipinski definition) is 0. The fraction of sp³-hybridized carbons (Fsp3) is 0.273. The monoisotopic (exact) mass is 304 g/mol. The van der Waals surface area contributed by atoms with Crippen molar-refractivity contribution in [1.29, 1.82) is 0 Å². The van der Waals surface area contributed by atoms with E-state index in [4.69, 9.17) is 17.0 Å². The van der Waals surface area contributed by atoms with Gasteiger partial charge in [-0.05, 0) is 29.5 Å². The summed E-state index contributed by atoms with van der Waals surface area (Å²) < 4.78 is 0. The normalized spacial score (nSPS) is 11.6. The Morgan fingerprint density at radius 3 is 2.71 bits per heavy atom. The first kappa shape index (κ1) is 12.5.